The second-order valence-corrected chi connectivity index (χ2v) is 7.36. The van der Waals surface area contributed by atoms with E-state index in [2.05, 4.69) is 20.7 Å². The Morgan fingerprint density at radius 3 is 2.36 bits per heavy atom. The van der Waals surface area contributed by atoms with Crippen molar-refractivity contribution in [2.75, 3.05) is 13.1 Å². The summed E-state index contributed by atoms with van der Waals surface area (Å²) in [5.41, 5.74) is 4.00. The Morgan fingerprint density at radius 2 is 1.61 bits per heavy atom. The molecule has 2 N–H and O–H groups in total. The number of hydrogen-bond donors (Lipinski definition) is 2. The molecule has 0 radical (unpaired) electrons. The Labute approximate surface area is 161 Å². The summed E-state index contributed by atoms with van der Waals surface area (Å²) in [6.45, 7) is 1.46. The zero-order chi connectivity index (χ0) is 19.1. The molecule has 2 amide bonds. The van der Waals surface area contributed by atoms with E-state index in [0.29, 0.717) is 23.0 Å². The van der Waals surface area contributed by atoms with Crippen molar-refractivity contribution in [3.63, 3.8) is 0 Å². The average Bonchev–Trinajstić information content (AvgIpc) is 3.17. The normalized spacial score (nSPS) is 23.2. The molecule has 2 heterocycles. The smallest absolute Gasteiger partial charge is 0.268 e. The van der Waals surface area contributed by atoms with Gasteiger partial charge in [-0.05, 0) is 22.9 Å². The molecule has 1 aliphatic carbocycles. The van der Waals surface area contributed by atoms with Crippen LogP contribution < -0.4 is 10.7 Å². The molecule has 1 aliphatic heterocycles. The molecule has 5 rings (SSSR count). The van der Waals surface area contributed by atoms with Crippen LogP contribution in [0.2, 0.25) is 0 Å². The van der Waals surface area contributed by atoms with Crippen LogP contribution in [0.15, 0.2) is 61.2 Å². The van der Waals surface area contributed by atoms with Gasteiger partial charge in [0.25, 0.3) is 11.8 Å². The van der Waals surface area contributed by atoms with E-state index in [1.54, 1.807) is 0 Å². The van der Waals surface area contributed by atoms with Gasteiger partial charge in [0.1, 0.15) is 6.33 Å². The van der Waals surface area contributed by atoms with E-state index in [0.717, 1.165) is 23.9 Å². The number of carbonyl (C=O) groups excluding carboxylic acids is 2. The lowest BCUT2D eigenvalue weighted by molar-refractivity contribution is 0.0795. The number of rotatable bonds is 4. The third-order valence-corrected chi connectivity index (χ3v) is 5.59. The molecule has 3 aromatic rings. The molecule has 140 valence electrons. The number of aromatic nitrogens is 2. The lowest BCUT2D eigenvalue weighted by atomic mass is 10.1. The van der Waals surface area contributed by atoms with Crippen LogP contribution in [0.4, 0.5) is 0 Å². The Kier molecular flexibility index (Phi) is 4.02. The maximum atomic E-state index is 12.6. The van der Waals surface area contributed by atoms with Crippen LogP contribution in [0, 0.1) is 11.8 Å². The number of nitrogens with one attached hydrogen (secondary N) is 2. The van der Waals surface area contributed by atoms with Crippen molar-refractivity contribution in [2.24, 2.45) is 11.8 Å². The van der Waals surface area contributed by atoms with Gasteiger partial charge >= 0.3 is 0 Å². The quantitative estimate of drug-likeness (QED) is 0.726. The summed E-state index contributed by atoms with van der Waals surface area (Å²) in [4.78, 5) is 32.5. The first-order valence-electron chi connectivity index (χ1n) is 9.30. The maximum absolute atomic E-state index is 12.6. The lowest BCUT2D eigenvalue weighted by Gasteiger charge is -2.20. The number of piperidine rings is 1. The summed E-state index contributed by atoms with van der Waals surface area (Å²) >= 11 is 0. The van der Waals surface area contributed by atoms with Gasteiger partial charge in [0.05, 0.1) is 5.56 Å². The van der Waals surface area contributed by atoms with Crippen molar-refractivity contribution >= 4 is 22.6 Å². The fourth-order valence-electron chi connectivity index (χ4n) is 4.02. The lowest BCUT2D eigenvalue weighted by Crippen LogP contribution is -2.44. The van der Waals surface area contributed by atoms with Crippen LogP contribution in [0.25, 0.3) is 10.8 Å². The summed E-state index contributed by atoms with van der Waals surface area (Å²) in [6, 6.07) is 13.9. The highest BCUT2D eigenvalue weighted by molar-refractivity contribution is 5.99. The van der Waals surface area contributed by atoms with Gasteiger partial charge in [0.2, 0.25) is 0 Å². The van der Waals surface area contributed by atoms with Crippen LogP contribution in [0.1, 0.15) is 20.7 Å². The molecule has 1 aromatic heterocycles. The number of amides is 2. The van der Waals surface area contributed by atoms with Gasteiger partial charge in [-0.25, -0.2) is 15.0 Å². The van der Waals surface area contributed by atoms with Gasteiger partial charge in [-0.1, -0.05) is 30.3 Å². The largest absolute Gasteiger partial charge is 0.349 e. The molecule has 2 atom stereocenters. The second kappa shape index (κ2) is 6.69. The molecule has 7 nitrogen and oxygen atoms in total. The Hall–Kier alpha value is -3.32. The van der Waals surface area contributed by atoms with Gasteiger partial charge in [-0.3, -0.25) is 15.0 Å². The minimum Gasteiger partial charge on any atom is -0.349 e. The maximum Gasteiger partial charge on any atom is 0.268 e. The minimum absolute atomic E-state index is 0.0397. The first kappa shape index (κ1) is 16.8. The first-order valence-corrected chi connectivity index (χ1v) is 9.30. The molecule has 1 saturated carbocycles. The van der Waals surface area contributed by atoms with Crippen molar-refractivity contribution in [2.45, 2.75) is 6.04 Å². The van der Waals surface area contributed by atoms with Crippen LogP contribution in [-0.4, -0.2) is 45.9 Å². The van der Waals surface area contributed by atoms with Gasteiger partial charge in [0.15, 0.2) is 0 Å². The Morgan fingerprint density at radius 1 is 0.893 bits per heavy atom. The monoisotopic (exact) mass is 373 g/mol. The number of hydrogen-bond acceptors (Lipinski definition) is 5. The molecule has 0 spiro atoms. The van der Waals surface area contributed by atoms with Crippen LogP contribution in [-0.2, 0) is 0 Å². The molecule has 2 fully saturated rings. The number of hydrazine groups is 1. The predicted octanol–water partition coefficient (Wildman–Crippen LogP) is 1.63. The van der Waals surface area contributed by atoms with Crippen molar-refractivity contribution in [1.82, 2.24) is 25.7 Å². The van der Waals surface area contributed by atoms with Crippen LogP contribution in [0.5, 0.6) is 0 Å². The molecular weight excluding hydrogens is 354 g/mol. The Bertz CT molecular complexity index is 1040. The standard InChI is InChI=1S/C21H19N5O2/c27-20(15-6-5-13-3-1-2-4-14(13)7-15)24-19-17-10-26(11-18(17)19)25-21(28)16-8-22-12-23-9-16/h1-9,12,17-19H,10-11H2,(H,24,27)(H,25,28). The van der Waals surface area contributed by atoms with E-state index in [1.165, 1.54) is 18.7 Å². The molecule has 7 heteroatoms. The highest BCUT2D eigenvalue weighted by Gasteiger charge is 2.56. The van der Waals surface area contributed by atoms with Crippen molar-refractivity contribution in [3.05, 3.63) is 72.3 Å². The van der Waals surface area contributed by atoms with Gasteiger partial charge in [0, 0.05) is 48.9 Å². The van der Waals surface area contributed by atoms with Crippen molar-refractivity contribution in [1.29, 1.82) is 0 Å². The molecule has 2 aromatic carbocycles. The highest BCUT2D eigenvalue weighted by atomic mass is 16.2. The Balaban J connectivity index is 1.16. The van der Waals surface area contributed by atoms with Crippen molar-refractivity contribution in [3.8, 4) is 0 Å². The van der Waals surface area contributed by atoms with E-state index in [4.69, 9.17) is 0 Å². The zero-order valence-corrected chi connectivity index (χ0v) is 15.1. The van der Waals surface area contributed by atoms with E-state index < -0.39 is 0 Å². The van der Waals surface area contributed by atoms with E-state index in [-0.39, 0.29) is 17.9 Å². The first-order chi connectivity index (χ1) is 13.7. The molecular formula is C21H19N5O2. The summed E-state index contributed by atoms with van der Waals surface area (Å²) in [7, 11) is 0. The highest BCUT2D eigenvalue weighted by Crippen LogP contribution is 2.45. The molecule has 0 bridgehead atoms. The third-order valence-electron chi connectivity index (χ3n) is 5.59. The topological polar surface area (TPSA) is 87.2 Å². The number of benzene rings is 2. The predicted molar refractivity (Wildman–Crippen MR) is 103 cm³/mol. The van der Waals surface area contributed by atoms with Crippen molar-refractivity contribution < 1.29 is 9.59 Å². The van der Waals surface area contributed by atoms with Crippen LogP contribution in [0.3, 0.4) is 0 Å². The minimum atomic E-state index is -0.210. The van der Waals surface area contributed by atoms with Crippen LogP contribution >= 0.6 is 0 Å². The molecule has 1 saturated heterocycles. The summed E-state index contributed by atoms with van der Waals surface area (Å²) < 4.78 is 0. The second-order valence-electron chi connectivity index (χ2n) is 7.36. The van der Waals surface area contributed by atoms with E-state index >= 15 is 0 Å². The summed E-state index contributed by atoms with van der Waals surface area (Å²) in [5, 5.41) is 7.23. The number of carbonyl (C=O) groups is 2. The van der Waals surface area contributed by atoms with Gasteiger partial charge < -0.3 is 5.32 Å². The summed E-state index contributed by atoms with van der Waals surface area (Å²) in [6.07, 6.45) is 4.38. The average molecular weight is 373 g/mol. The number of nitrogens with zero attached hydrogens (tertiary/aromatic N) is 3. The fraction of sp³-hybridized carbons (Fsp3) is 0.238. The molecule has 28 heavy (non-hydrogen) atoms. The SMILES string of the molecule is O=C(NC1C2CN(NC(=O)c3cncnc3)CC21)c1ccc2ccccc2c1. The third kappa shape index (κ3) is 3.10. The number of fused-ring (bicyclic) bond motifs is 2. The zero-order valence-electron chi connectivity index (χ0n) is 15.1. The van der Waals surface area contributed by atoms with Gasteiger partial charge in [-0.15, -0.1) is 0 Å². The summed E-state index contributed by atoms with van der Waals surface area (Å²) in [5.74, 6) is 0.495. The van der Waals surface area contributed by atoms with Gasteiger partial charge in [-0.2, -0.15) is 0 Å². The fourth-order valence-corrected chi connectivity index (χ4v) is 4.02. The van der Waals surface area contributed by atoms with E-state index in [1.807, 2.05) is 47.5 Å². The molecule has 2 aliphatic rings. The molecule has 2 unspecified atom stereocenters. The van der Waals surface area contributed by atoms with E-state index in [9.17, 15) is 9.59 Å².